The van der Waals surface area contributed by atoms with Gasteiger partial charge >= 0.3 is 0 Å². The standard InChI is InChI=1S/C9H17N3S.2ClH/c1-9(2)7-11-8(13-9)12-5-3-10-4-6-12;;/h10H,3-7H2,1-2H3;2*1H. The zero-order valence-corrected chi connectivity index (χ0v) is 11.6. The number of hydrogen-bond donors (Lipinski definition) is 1. The SMILES string of the molecule is CC1(C)CN=C(N2CCNCC2)S1.Cl.Cl. The number of hydrogen-bond acceptors (Lipinski definition) is 4. The molecule has 2 heterocycles. The van der Waals surface area contributed by atoms with Crippen molar-refractivity contribution in [1.82, 2.24) is 10.2 Å². The van der Waals surface area contributed by atoms with Crippen LogP contribution >= 0.6 is 36.6 Å². The molecule has 1 N–H and O–H groups in total. The number of aliphatic imine (C=N–C) groups is 1. The van der Waals surface area contributed by atoms with E-state index < -0.39 is 0 Å². The van der Waals surface area contributed by atoms with Crippen molar-refractivity contribution >= 4 is 41.7 Å². The number of nitrogens with one attached hydrogen (secondary N) is 1. The van der Waals surface area contributed by atoms with Crippen LogP contribution in [0.15, 0.2) is 4.99 Å². The quantitative estimate of drug-likeness (QED) is 0.726. The lowest BCUT2D eigenvalue weighted by Gasteiger charge is -2.29. The highest BCUT2D eigenvalue weighted by Crippen LogP contribution is 2.33. The summed E-state index contributed by atoms with van der Waals surface area (Å²) in [4.78, 5) is 6.99. The van der Waals surface area contributed by atoms with Crippen LogP contribution in [-0.2, 0) is 0 Å². The van der Waals surface area contributed by atoms with E-state index in [1.807, 2.05) is 11.8 Å². The summed E-state index contributed by atoms with van der Waals surface area (Å²) in [6, 6.07) is 0. The third-order valence-electron chi connectivity index (χ3n) is 2.35. The van der Waals surface area contributed by atoms with E-state index in [-0.39, 0.29) is 24.8 Å². The fourth-order valence-corrected chi connectivity index (χ4v) is 2.65. The zero-order chi connectivity index (χ0) is 9.31. The first-order chi connectivity index (χ1) is 6.17. The predicted molar refractivity (Wildman–Crippen MR) is 72.9 cm³/mol. The largest absolute Gasteiger partial charge is 0.349 e. The Morgan fingerprint density at radius 2 is 1.87 bits per heavy atom. The first-order valence-electron chi connectivity index (χ1n) is 4.86. The second-order valence-electron chi connectivity index (χ2n) is 4.20. The number of amidine groups is 1. The van der Waals surface area contributed by atoms with Crippen LogP contribution in [0.5, 0.6) is 0 Å². The summed E-state index contributed by atoms with van der Waals surface area (Å²) < 4.78 is 0.320. The molecule has 0 atom stereocenters. The minimum Gasteiger partial charge on any atom is -0.349 e. The van der Waals surface area contributed by atoms with Gasteiger partial charge in [-0.05, 0) is 13.8 Å². The van der Waals surface area contributed by atoms with Crippen molar-refractivity contribution in [2.24, 2.45) is 4.99 Å². The van der Waals surface area contributed by atoms with E-state index >= 15 is 0 Å². The Morgan fingerprint density at radius 3 is 2.33 bits per heavy atom. The van der Waals surface area contributed by atoms with Crippen molar-refractivity contribution in [1.29, 1.82) is 0 Å². The molecule has 2 aliphatic heterocycles. The molecule has 0 spiro atoms. The van der Waals surface area contributed by atoms with Crippen molar-refractivity contribution in [2.45, 2.75) is 18.6 Å². The lowest BCUT2D eigenvalue weighted by atomic mass is 10.2. The summed E-state index contributed by atoms with van der Waals surface area (Å²) >= 11 is 1.92. The Balaban J connectivity index is 0.000000980. The molecule has 1 fully saturated rings. The van der Waals surface area contributed by atoms with Crippen LogP contribution < -0.4 is 5.32 Å². The number of thioether (sulfide) groups is 1. The lowest BCUT2D eigenvalue weighted by Crippen LogP contribution is -2.45. The molecule has 3 nitrogen and oxygen atoms in total. The maximum atomic E-state index is 4.59. The van der Waals surface area contributed by atoms with E-state index in [0.717, 1.165) is 32.7 Å². The molecule has 0 aromatic heterocycles. The summed E-state index contributed by atoms with van der Waals surface area (Å²) in [5, 5.41) is 4.61. The van der Waals surface area contributed by atoms with Gasteiger partial charge in [0.2, 0.25) is 0 Å². The Bertz CT molecular complexity index is 227. The third kappa shape index (κ3) is 4.02. The van der Waals surface area contributed by atoms with Crippen molar-refractivity contribution in [3.05, 3.63) is 0 Å². The molecular formula is C9H19Cl2N3S. The van der Waals surface area contributed by atoms with E-state index in [1.165, 1.54) is 5.17 Å². The summed E-state index contributed by atoms with van der Waals surface area (Å²) in [5.41, 5.74) is 0. The van der Waals surface area contributed by atoms with Crippen molar-refractivity contribution in [2.75, 3.05) is 32.7 Å². The van der Waals surface area contributed by atoms with E-state index in [2.05, 4.69) is 29.1 Å². The highest BCUT2D eigenvalue weighted by atomic mass is 35.5. The number of nitrogens with zero attached hydrogens (tertiary/aromatic N) is 2. The van der Waals surface area contributed by atoms with E-state index in [4.69, 9.17) is 0 Å². The molecule has 15 heavy (non-hydrogen) atoms. The molecule has 2 rings (SSSR count). The highest BCUT2D eigenvalue weighted by Gasteiger charge is 2.30. The fourth-order valence-electron chi connectivity index (χ4n) is 1.59. The molecule has 6 heteroatoms. The van der Waals surface area contributed by atoms with Gasteiger partial charge in [0, 0.05) is 30.9 Å². The maximum Gasteiger partial charge on any atom is 0.159 e. The molecule has 2 aliphatic rings. The van der Waals surface area contributed by atoms with Gasteiger partial charge in [0.1, 0.15) is 0 Å². The molecule has 90 valence electrons. The molecule has 0 unspecified atom stereocenters. The Morgan fingerprint density at radius 1 is 1.27 bits per heavy atom. The van der Waals surface area contributed by atoms with E-state index in [0.29, 0.717) is 4.75 Å². The Labute approximate surface area is 108 Å². The van der Waals surface area contributed by atoms with Crippen LogP contribution in [0.2, 0.25) is 0 Å². The molecular weight excluding hydrogens is 253 g/mol. The van der Waals surface area contributed by atoms with Crippen LogP contribution in [0.3, 0.4) is 0 Å². The van der Waals surface area contributed by atoms with Gasteiger partial charge in [-0.15, -0.1) is 24.8 Å². The lowest BCUT2D eigenvalue weighted by molar-refractivity contribution is 0.363. The summed E-state index contributed by atoms with van der Waals surface area (Å²) in [5.74, 6) is 0. The molecule has 0 radical (unpaired) electrons. The zero-order valence-electron chi connectivity index (χ0n) is 9.15. The Kier molecular flexibility index (Phi) is 6.33. The second kappa shape index (κ2) is 6.18. The van der Waals surface area contributed by atoms with Gasteiger partial charge in [-0.3, -0.25) is 4.99 Å². The van der Waals surface area contributed by atoms with Crippen molar-refractivity contribution in [3.8, 4) is 0 Å². The van der Waals surface area contributed by atoms with Gasteiger partial charge < -0.3 is 10.2 Å². The molecule has 0 aromatic carbocycles. The molecule has 0 saturated carbocycles. The van der Waals surface area contributed by atoms with Gasteiger partial charge in [-0.2, -0.15) is 0 Å². The monoisotopic (exact) mass is 271 g/mol. The predicted octanol–water partition coefficient (Wildman–Crippen LogP) is 1.62. The first kappa shape index (κ1) is 15.4. The van der Waals surface area contributed by atoms with Gasteiger partial charge in [0.15, 0.2) is 5.17 Å². The Hall–Kier alpha value is 0.360. The van der Waals surface area contributed by atoms with E-state index in [9.17, 15) is 0 Å². The van der Waals surface area contributed by atoms with Crippen molar-refractivity contribution < 1.29 is 0 Å². The smallest absolute Gasteiger partial charge is 0.159 e. The number of halogens is 2. The normalized spacial score (nSPS) is 23.9. The molecule has 0 aliphatic carbocycles. The van der Waals surface area contributed by atoms with Crippen LogP contribution in [0, 0.1) is 0 Å². The number of piperazine rings is 1. The first-order valence-corrected chi connectivity index (χ1v) is 5.68. The summed E-state index contributed by atoms with van der Waals surface area (Å²) in [7, 11) is 0. The van der Waals surface area contributed by atoms with Gasteiger partial charge in [0.05, 0.1) is 6.54 Å². The minimum atomic E-state index is 0. The topological polar surface area (TPSA) is 27.6 Å². The van der Waals surface area contributed by atoms with Crippen LogP contribution in [0.25, 0.3) is 0 Å². The highest BCUT2D eigenvalue weighted by molar-refractivity contribution is 8.15. The second-order valence-corrected chi connectivity index (χ2v) is 5.87. The number of rotatable bonds is 0. The minimum absolute atomic E-state index is 0. The average Bonchev–Trinajstić information content (AvgIpc) is 2.48. The maximum absolute atomic E-state index is 4.59. The molecule has 0 bridgehead atoms. The van der Waals surface area contributed by atoms with Gasteiger partial charge in [-0.1, -0.05) is 11.8 Å². The van der Waals surface area contributed by atoms with Crippen LogP contribution in [0.1, 0.15) is 13.8 Å². The van der Waals surface area contributed by atoms with Gasteiger partial charge in [0.25, 0.3) is 0 Å². The van der Waals surface area contributed by atoms with Crippen molar-refractivity contribution in [3.63, 3.8) is 0 Å². The fraction of sp³-hybridized carbons (Fsp3) is 0.889. The van der Waals surface area contributed by atoms with Crippen LogP contribution in [0.4, 0.5) is 0 Å². The third-order valence-corrected chi connectivity index (χ3v) is 3.60. The molecule has 0 amide bonds. The molecule has 0 aromatic rings. The summed E-state index contributed by atoms with van der Waals surface area (Å²) in [6.45, 7) is 9.91. The van der Waals surface area contributed by atoms with Gasteiger partial charge in [-0.25, -0.2) is 0 Å². The van der Waals surface area contributed by atoms with E-state index in [1.54, 1.807) is 0 Å². The van der Waals surface area contributed by atoms with Crippen LogP contribution in [-0.4, -0.2) is 47.5 Å². The average molecular weight is 272 g/mol. The summed E-state index contributed by atoms with van der Waals surface area (Å²) in [6.07, 6.45) is 0. The molecule has 1 saturated heterocycles.